The lowest BCUT2D eigenvalue weighted by atomic mass is 10.0. The molecule has 0 amide bonds. The molecule has 0 radical (unpaired) electrons. The van der Waals surface area contributed by atoms with Crippen molar-refractivity contribution in [2.24, 2.45) is 0 Å². The number of hydrogen-bond acceptors (Lipinski definition) is 4. The van der Waals surface area contributed by atoms with Gasteiger partial charge in [-0.1, -0.05) is 72.8 Å². The van der Waals surface area contributed by atoms with E-state index in [0.29, 0.717) is 0 Å². The van der Waals surface area contributed by atoms with Crippen molar-refractivity contribution >= 4 is 113 Å². The minimum absolute atomic E-state index is 0.883. The Labute approximate surface area is 295 Å². The van der Waals surface area contributed by atoms with Gasteiger partial charge >= 0.3 is 0 Å². The highest BCUT2D eigenvalue weighted by Crippen LogP contribution is 2.45. The van der Waals surface area contributed by atoms with Crippen LogP contribution < -0.4 is 4.90 Å². The lowest BCUT2D eigenvalue weighted by Gasteiger charge is -2.24. The van der Waals surface area contributed by atoms with Gasteiger partial charge in [-0.2, -0.15) is 0 Å². The van der Waals surface area contributed by atoms with Crippen molar-refractivity contribution in [2.75, 3.05) is 4.90 Å². The molecule has 0 bridgehead atoms. The zero-order valence-corrected chi connectivity index (χ0v) is 28.4. The lowest BCUT2D eigenvalue weighted by Crippen LogP contribution is -2.11. The summed E-state index contributed by atoms with van der Waals surface area (Å²) in [4.78, 5) is 7.06. The van der Waals surface area contributed by atoms with Crippen LogP contribution in [-0.2, 0) is 0 Å². The van der Waals surface area contributed by atoms with Gasteiger partial charge in [0, 0.05) is 74.4 Å². The second kappa shape index (κ2) is 10.7. The molecule has 7 aromatic carbocycles. The van der Waals surface area contributed by atoms with Crippen molar-refractivity contribution in [2.45, 2.75) is 0 Å². The van der Waals surface area contributed by atoms with E-state index in [2.05, 4.69) is 161 Å². The lowest BCUT2D eigenvalue weighted by molar-refractivity contribution is 1.17. The summed E-state index contributed by atoms with van der Waals surface area (Å²) in [5, 5.41) is 10.3. The van der Waals surface area contributed by atoms with Gasteiger partial charge in [-0.25, -0.2) is 4.98 Å². The molecule has 0 fully saturated rings. The normalized spacial score (nSPS) is 12.0. The number of thiophene rings is 2. The molecule has 0 spiro atoms. The van der Waals surface area contributed by atoms with Crippen LogP contribution in [0.3, 0.4) is 0 Å². The number of aromatic nitrogens is 2. The number of pyridine rings is 1. The Morgan fingerprint density at radius 2 is 1.14 bits per heavy atom. The molecule has 0 saturated carbocycles. The van der Waals surface area contributed by atoms with Crippen LogP contribution in [0.1, 0.15) is 0 Å². The Morgan fingerprint density at radius 1 is 0.440 bits per heavy atom. The summed E-state index contributed by atoms with van der Waals surface area (Å²) in [6.45, 7) is 0. The number of hydrogen-bond donors (Lipinski definition) is 0. The molecule has 0 aliphatic heterocycles. The van der Waals surface area contributed by atoms with Gasteiger partial charge in [-0.15, -0.1) is 22.7 Å². The van der Waals surface area contributed by atoms with Crippen molar-refractivity contribution in [1.29, 1.82) is 0 Å². The highest BCUT2D eigenvalue weighted by atomic mass is 32.1. The standard InChI is InChI=1S/C45H27N3S2/c1-2-10-29(11-3-1)47(44-16-8-9-23-46-44)30-19-22-38-37(25-30)45-35-27-36-33-13-5-7-15-41(33)49-42(36)24-28(35)17-21-39(45)48(38)31-18-20-34-32-12-4-6-14-40(32)50-43(34)26-31/h1-27H. The summed E-state index contributed by atoms with van der Waals surface area (Å²) >= 11 is 3.74. The van der Waals surface area contributed by atoms with Crippen molar-refractivity contribution < 1.29 is 0 Å². The van der Waals surface area contributed by atoms with Crippen LogP contribution >= 0.6 is 22.7 Å². The van der Waals surface area contributed by atoms with Crippen molar-refractivity contribution in [3.8, 4) is 5.69 Å². The smallest absolute Gasteiger partial charge is 0.137 e. The minimum Gasteiger partial charge on any atom is -0.309 e. The second-order valence-electron chi connectivity index (χ2n) is 12.8. The first-order valence-corrected chi connectivity index (χ1v) is 18.4. The molecule has 5 heteroatoms. The van der Waals surface area contributed by atoms with E-state index >= 15 is 0 Å². The first-order chi connectivity index (χ1) is 24.8. The van der Waals surface area contributed by atoms with E-state index in [1.807, 2.05) is 34.9 Å². The third-order valence-electron chi connectivity index (χ3n) is 10.00. The maximum atomic E-state index is 4.80. The number of benzene rings is 7. The second-order valence-corrected chi connectivity index (χ2v) is 15.0. The van der Waals surface area contributed by atoms with E-state index in [1.165, 1.54) is 78.6 Å². The molecule has 234 valence electrons. The summed E-state index contributed by atoms with van der Waals surface area (Å²) in [5.74, 6) is 0.883. The van der Waals surface area contributed by atoms with Gasteiger partial charge in [0.25, 0.3) is 0 Å². The van der Waals surface area contributed by atoms with Crippen LogP contribution in [0.25, 0.3) is 78.6 Å². The predicted molar refractivity (Wildman–Crippen MR) is 217 cm³/mol. The molecule has 3 nitrogen and oxygen atoms in total. The summed E-state index contributed by atoms with van der Waals surface area (Å²) in [7, 11) is 0. The first-order valence-electron chi connectivity index (χ1n) is 16.8. The molecular weight excluding hydrogens is 647 g/mol. The fourth-order valence-corrected chi connectivity index (χ4v) is 10.1. The molecule has 0 aliphatic rings. The van der Waals surface area contributed by atoms with Crippen LogP contribution in [-0.4, -0.2) is 9.55 Å². The molecule has 0 saturated heterocycles. The van der Waals surface area contributed by atoms with Gasteiger partial charge < -0.3 is 4.57 Å². The van der Waals surface area contributed by atoms with Crippen LogP contribution in [0.5, 0.6) is 0 Å². The maximum Gasteiger partial charge on any atom is 0.137 e. The summed E-state index contributed by atoms with van der Waals surface area (Å²) in [5.41, 5.74) is 5.69. The van der Waals surface area contributed by atoms with E-state index in [1.54, 1.807) is 0 Å². The van der Waals surface area contributed by atoms with Gasteiger partial charge in [0.15, 0.2) is 0 Å². The number of para-hydroxylation sites is 1. The van der Waals surface area contributed by atoms with Gasteiger partial charge in [-0.3, -0.25) is 4.90 Å². The Kier molecular flexibility index (Phi) is 5.99. The summed E-state index contributed by atoms with van der Waals surface area (Å²) < 4.78 is 7.72. The highest BCUT2D eigenvalue weighted by molar-refractivity contribution is 7.26. The third-order valence-corrected chi connectivity index (χ3v) is 12.3. The Bertz CT molecular complexity index is 3060. The van der Waals surface area contributed by atoms with Crippen molar-refractivity contribution in [3.05, 3.63) is 164 Å². The molecule has 50 heavy (non-hydrogen) atoms. The fourth-order valence-electron chi connectivity index (χ4n) is 7.80. The molecule has 4 heterocycles. The highest BCUT2D eigenvalue weighted by Gasteiger charge is 2.20. The maximum absolute atomic E-state index is 4.80. The molecule has 11 aromatic rings. The van der Waals surface area contributed by atoms with Crippen LogP contribution in [0.2, 0.25) is 0 Å². The van der Waals surface area contributed by atoms with Crippen molar-refractivity contribution in [3.63, 3.8) is 0 Å². The number of fused-ring (bicyclic) bond motifs is 11. The molecule has 0 N–H and O–H groups in total. The van der Waals surface area contributed by atoms with E-state index in [0.717, 1.165) is 17.2 Å². The molecule has 0 unspecified atom stereocenters. The predicted octanol–water partition coefficient (Wildman–Crippen LogP) is 13.5. The quantitative estimate of drug-likeness (QED) is 0.185. The molecule has 11 rings (SSSR count). The Balaban J connectivity index is 1.24. The third kappa shape index (κ3) is 4.11. The van der Waals surface area contributed by atoms with E-state index in [-0.39, 0.29) is 0 Å². The van der Waals surface area contributed by atoms with Crippen molar-refractivity contribution in [1.82, 2.24) is 9.55 Å². The average molecular weight is 674 g/mol. The van der Waals surface area contributed by atoms with Crippen LogP contribution in [0.4, 0.5) is 17.2 Å². The van der Waals surface area contributed by atoms with Gasteiger partial charge in [0.05, 0.1) is 11.0 Å². The van der Waals surface area contributed by atoms with Crippen LogP contribution in [0.15, 0.2) is 164 Å². The molecule has 0 aliphatic carbocycles. The largest absolute Gasteiger partial charge is 0.309 e. The Morgan fingerprint density at radius 3 is 1.94 bits per heavy atom. The SMILES string of the molecule is c1ccc(N(c2ccc3c(c2)c2c4cc5c(cc4ccc2n3-c2ccc3c(c2)sc2ccccc23)sc2ccccc25)c2ccccn2)cc1. The zero-order chi connectivity index (χ0) is 32.8. The van der Waals surface area contributed by atoms with Gasteiger partial charge in [0.1, 0.15) is 5.82 Å². The number of rotatable bonds is 4. The van der Waals surface area contributed by atoms with E-state index in [4.69, 9.17) is 4.98 Å². The number of nitrogens with zero attached hydrogens (tertiary/aromatic N) is 3. The minimum atomic E-state index is 0.883. The van der Waals surface area contributed by atoms with E-state index < -0.39 is 0 Å². The monoisotopic (exact) mass is 673 g/mol. The average Bonchev–Trinajstić information content (AvgIpc) is 3.83. The van der Waals surface area contributed by atoms with Gasteiger partial charge in [-0.05, 0) is 95.7 Å². The summed E-state index contributed by atoms with van der Waals surface area (Å²) in [6.07, 6.45) is 1.86. The van der Waals surface area contributed by atoms with Gasteiger partial charge in [0.2, 0.25) is 0 Å². The molecule has 0 atom stereocenters. The number of anilines is 3. The van der Waals surface area contributed by atoms with E-state index in [9.17, 15) is 0 Å². The summed E-state index contributed by atoms with van der Waals surface area (Å²) in [6, 6.07) is 57.4. The Hall–Kier alpha value is -6.01. The molecular formula is C45H27N3S2. The topological polar surface area (TPSA) is 21.1 Å². The zero-order valence-electron chi connectivity index (χ0n) is 26.7. The molecule has 4 aromatic heterocycles. The fraction of sp³-hybridized carbons (Fsp3) is 0. The first kappa shape index (κ1) is 27.9. The van der Waals surface area contributed by atoms with Crippen LogP contribution in [0, 0.1) is 0 Å².